The maximum Gasteiger partial charge on any atom is 0.325 e. The van der Waals surface area contributed by atoms with Crippen molar-refractivity contribution in [1.29, 1.82) is 0 Å². The molecule has 274 valence electrons. The van der Waals surface area contributed by atoms with Crippen molar-refractivity contribution in [3.63, 3.8) is 0 Å². The third kappa shape index (κ3) is 12.0. The number of aliphatic hydroxyl groups excluding tert-OH is 1. The standard InChI is InChI=1S/C35H45N7O9/c1-20(2)30(33(49)40-24(7-6-16-37-34(36)50)32(48)39-23-11-8-21(19-43)9-12-23)41-31(47)22-10-13-26(42-27(44)14-15-28(42)45)25(17-22)38-18-29(46)51-35(3,4)5/h8-15,17,20,24,30,38,43H,6-7,16,18-19H2,1-5H3,(H,39,48)(H,40,49)(H,41,47)(H3,36,37,50)/t24-,30-/m0/s1. The number of ether oxygens (including phenoxy) is 1. The van der Waals surface area contributed by atoms with Crippen LogP contribution in [0.3, 0.4) is 0 Å². The molecule has 16 heteroatoms. The van der Waals surface area contributed by atoms with Gasteiger partial charge < -0.3 is 42.2 Å². The Morgan fingerprint density at radius 2 is 1.57 bits per heavy atom. The SMILES string of the molecule is CC(C)[C@H](NC(=O)c1ccc(N2C(=O)C=CC2=O)c(NCC(=O)OC(C)(C)C)c1)C(=O)N[C@@H](CCCNC(N)=O)C(=O)Nc1ccc(CO)cc1. The zero-order chi connectivity index (χ0) is 37.9. The molecule has 0 unspecified atom stereocenters. The lowest BCUT2D eigenvalue weighted by atomic mass is 10.0. The molecular formula is C35H45N7O9. The number of esters is 1. The number of carbonyl (C=O) groups excluding carboxylic acids is 7. The summed E-state index contributed by atoms with van der Waals surface area (Å²) in [4.78, 5) is 89.9. The summed E-state index contributed by atoms with van der Waals surface area (Å²) in [5, 5.41) is 22.7. The Kier molecular flexibility index (Phi) is 13.8. The van der Waals surface area contributed by atoms with E-state index in [1.54, 1.807) is 58.9 Å². The summed E-state index contributed by atoms with van der Waals surface area (Å²) in [7, 11) is 0. The fourth-order valence-corrected chi connectivity index (χ4v) is 4.93. The Hall–Kier alpha value is -5.77. The van der Waals surface area contributed by atoms with E-state index in [9.17, 15) is 38.7 Å². The van der Waals surface area contributed by atoms with E-state index < -0.39 is 65.1 Å². The molecular weight excluding hydrogens is 662 g/mol. The van der Waals surface area contributed by atoms with Crippen LogP contribution in [-0.2, 0) is 35.3 Å². The summed E-state index contributed by atoms with van der Waals surface area (Å²) in [5.41, 5.74) is 5.67. The van der Waals surface area contributed by atoms with Crippen LogP contribution < -0.4 is 37.2 Å². The van der Waals surface area contributed by atoms with Crippen molar-refractivity contribution in [2.24, 2.45) is 11.7 Å². The quantitative estimate of drug-likeness (QED) is 0.0757. The first kappa shape index (κ1) is 39.7. The molecule has 2 atom stereocenters. The van der Waals surface area contributed by atoms with Gasteiger partial charge >= 0.3 is 12.0 Å². The molecule has 51 heavy (non-hydrogen) atoms. The van der Waals surface area contributed by atoms with Crippen molar-refractivity contribution in [2.45, 2.75) is 71.8 Å². The van der Waals surface area contributed by atoms with E-state index in [-0.39, 0.29) is 49.5 Å². The van der Waals surface area contributed by atoms with Crippen LogP contribution in [-0.4, -0.2) is 77.4 Å². The average molecular weight is 708 g/mol. The van der Waals surface area contributed by atoms with E-state index in [4.69, 9.17) is 10.5 Å². The largest absolute Gasteiger partial charge is 0.459 e. The summed E-state index contributed by atoms with van der Waals surface area (Å²) in [6, 6.07) is 7.60. The van der Waals surface area contributed by atoms with Gasteiger partial charge in [0.25, 0.3) is 17.7 Å². The lowest BCUT2D eigenvalue weighted by molar-refractivity contribution is -0.152. The molecule has 0 saturated carbocycles. The molecule has 16 nitrogen and oxygen atoms in total. The minimum absolute atomic E-state index is 0.0362. The van der Waals surface area contributed by atoms with Crippen molar-refractivity contribution in [3.05, 3.63) is 65.7 Å². The first-order chi connectivity index (χ1) is 24.0. The number of amides is 7. The number of hydrogen-bond donors (Lipinski definition) is 7. The molecule has 8 N–H and O–H groups in total. The second-order valence-corrected chi connectivity index (χ2v) is 13.1. The molecule has 0 spiro atoms. The van der Waals surface area contributed by atoms with Gasteiger partial charge in [0, 0.05) is 29.9 Å². The molecule has 0 aromatic heterocycles. The second kappa shape index (κ2) is 17.8. The van der Waals surface area contributed by atoms with Gasteiger partial charge in [-0.1, -0.05) is 26.0 Å². The third-order valence-corrected chi connectivity index (χ3v) is 7.39. The minimum Gasteiger partial charge on any atom is -0.459 e. The molecule has 2 aromatic carbocycles. The molecule has 0 bridgehead atoms. The van der Waals surface area contributed by atoms with E-state index in [0.717, 1.165) is 17.1 Å². The van der Waals surface area contributed by atoms with Gasteiger partial charge in [0.05, 0.1) is 18.0 Å². The number of urea groups is 1. The molecule has 0 radical (unpaired) electrons. The zero-order valence-electron chi connectivity index (χ0n) is 29.2. The number of nitrogens with zero attached hydrogens (tertiary/aromatic N) is 1. The van der Waals surface area contributed by atoms with Crippen molar-refractivity contribution >= 4 is 58.6 Å². The molecule has 2 aromatic rings. The number of benzene rings is 2. The number of nitrogens with one attached hydrogen (secondary N) is 5. The van der Waals surface area contributed by atoms with E-state index in [1.807, 2.05) is 0 Å². The molecule has 1 heterocycles. The molecule has 3 rings (SSSR count). The van der Waals surface area contributed by atoms with Crippen molar-refractivity contribution in [1.82, 2.24) is 16.0 Å². The van der Waals surface area contributed by atoms with Gasteiger partial charge in [0.15, 0.2) is 0 Å². The highest BCUT2D eigenvalue weighted by atomic mass is 16.6. The molecule has 1 aliphatic rings. The van der Waals surface area contributed by atoms with E-state index in [1.165, 1.54) is 18.2 Å². The van der Waals surface area contributed by atoms with Gasteiger partial charge in [-0.2, -0.15) is 0 Å². The fraction of sp³-hybridized carbons (Fsp3) is 0.400. The lowest BCUT2D eigenvalue weighted by Crippen LogP contribution is -2.54. The summed E-state index contributed by atoms with van der Waals surface area (Å²) in [6.45, 7) is 8.12. The van der Waals surface area contributed by atoms with E-state index in [2.05, 4.69) is 26.6 Å². The Morgan fingerprint density at radius 3 is 2.14 bits per heavy atom. The highest BCUT2D eigenvalue weighted by Crippen LogP contribution is 2.30. The summed E-state index contributed by atoms with van der Waals surface area (Å²) in [5.74, 6) is -4.19. The number of hydrogen-bond acceptors (Lipinski definition) is 10. The van der Waals surface area contributed by atoms with E-state index in [0.29, 0.717) is 11.3 Å². The van der Waals surface area contributed by atoms with Gasteiger partial charge in [0.2, 0.25) is 11.8 Å². The first-order valence-corrected chi connectivity index (χ1v) is 16.3. The van der Waals surface area contributed by atoms with Crippen LogP contribution in [0.2, 0.25) is 0 Å². The molecule has 7 amide bonds. The van der Waals surface area contributed by atoms with Crippen molar-refractivity contribution in [2.75, 3.05) is 28.6 Å². The first-order valence-electron chi connectivity index (χ1n) is 16.3. The van der Waals surface area contributed by atoms with Gasteiger partial charge in [-0.25, -0.2) is 9.69 Å². The van der Waals surface area contributed by atoms with Gasteiger partial charge in [-0.15, -0.1) is 0 Å². The Bertz CT molecular complexity index is 1650. The van der Waals surface area contributed by atoms with Gasteiger partial charge in [-0.05, 0) is 75.4 Å². The fourth-order valence-electron chi connectivity index (χ4n) is 4.93. The van der Waals surface area contributed by atoms with E-state index >= 15 is 0 Å². The Balaban J connectivity index is 1.82. The topological polar surface area (TPSA) is 238 Å². The predicted octanol–water partition coefficient (Wildman–Crippen LogP) is 1.69. The number of imide groups is 1. The van der Waals surface area contributed by atoms with Crippen LogP contribution in [0.1, 0.15) is 63.4 Å². The highest BCUT2D eigenvalue weighted by molar-refractivity contribution is 6.29. The maximum absolute atomic E-state index is 13.6. The Labute approximate surface area is 295 Å². The highest BCUT2D eigenvalue weighted by Gasteiger charge is 2.31. The molecule has 0 fully saturated rings. The Morgan fingerprint density at radius 1 is 0.922 bits per heavy atom. The zero-order valence-corrected chi connectivity index (χ0v) is 29.2. The summed E-state index contributed by atoms with van der Waals surface area (Å²) in [6.07, 6.45) is 2.59. The van der Waals surface area contributed by atoms with Crippen molar-refractivity contribution < 1.29 is 43.4 Å². The normalized spacial score (nSPS) is 13.7. The van der Waals surface area contributed by atoms with Crippen LogP contribution in [0, 0.1) is 5.92 Å². The molecule has 1 aliphatic heterocycles. The van der Waals surface area contributed by atoms with Crippen LogP contribution >= 0.6 is 0 Å². The second-order valence-electron chi connectivity index (χ2n) is 13.1. The monoisotopic (exact) mass is 707 g/mol. The lowest BCUT2D eigenvalue weighted by Gasteiger charge is -2.26. The van der Waals surface area contributed by atoms with Gasteiger partial charge in [-0.3, -0.25) is 28.8 Å². The molecule has 0 aliphatic carbocycles. The number of rotatable bonds is 16. The van der Waals surface area contributed by atoms with Crippen LogP contribution in [0.4, 0.5) is 21.9 Å². The predicted molar refractivity (Wildman–Crippen MR) is 188 cm³/mol. The number of anilines is 3. The summed E-state index contributed by atoms with van der Waals surface area (Å²) >= 11 is 0. The maximum atomic E-state index is 13.6. The minimum atomic E-state index is -1.12. The van der Waals surface area contributed by atoms with Crippen LogP contribution in [0.5, 0.6) is 0 Å². The average Bonchev–Trinajstić information content (AvgIpc) is 3.39. The van der Waals surface area contributed by atoms with Crippen LogP contribution in [0.25, 0.3) is 0 Å². The number of primary amides is 1. The van der Waals surface area contributed by atoms with Crippen LogP contribution in [0.15, 0.2) is 54.6 Å². The number of nitrogens with two attached hydrogens (primary N) is 1. The smallest absolute Gasteiger partial charge is 0.325 e. The molecule has 0 saturated heterocycles. The third-order valence-electron chi connectivity index (χ3n) is 7.39. The summed E-state index contributed by atoms with van der Waals surface area (Å²) < 4.78 is 5.34. The number of carbonyl (C=O) groups is 7. The number of aliphatic hydroxyl groups is 1. The van der Waals surface area contributed by atoms with Crippen molar-refractivity contribution in [3.8, 4) is 0 Å². The van der Waals surface area contributed by atoms with Gasteiger partial charge in [0.1, 0.15) is 24.2 Å².